The van der Waals surface area contributed by atoms with Crippen LogP contribution in [0.5, 0.6) is 11.5 Å². The second kappa shape index (κ2) is 4.12. The average Bonchev–Trinajstić information content (AvgIpc) is 3.08. The Hall–Kier alpha value is -1.26. The van der Waals surface area contributed by atoms with E-state index in [1.54, 1.807) is 14.2 Å². The fraction of sp³-hybridized carbons (Fsp3) is 0.600. The van der Waals surface area contributed by atoms with Gasteiger partial charge in [-0.3, -0.25) is 0 Å². The Kier molecular flexibility index (Phi) is 2.76. The summed E-state index contributed by atoms with van der Waals surface area (Å²) in [6.07, 6.45) is 2.15. The summed E-state index contributed by atoms with van der Waals surface area (Å²) in [5, 5.41) is 0. The molecule has 0 spiro atoms. The molecule has 0 unspecified atom stereocenters. The van der Waals surface area contributed by atoms with E-state index in [-0.39, 0.29) is 11.0 Å². The second-order valence-electron chi connectivity index (χ2n) is 5.75. The van der Waals surface area contributed by atoms with Crippen LogP contribution in [0, 0.1) is 6.92 Å². The Morgan fingerprint density at radius 1 is 1.11 bits per heavy atom. The topological polar surface area (TPSA) is 53.7 Å². The molecule has 0 aromatic heterocycles. The van der Waals surface area contributed by atoms with E-state index in [1.807, 2.05) is 6.07 Å². The van der Waals surface area contributed by atoms with E-state index in [0.717, 1.165) is 24.3 Å². The first kappa shape index (κ1) is 12.8. The molecule has 1 saturated heterocycles. The Labute approximate surface area is 113 Å². The van der Waals surface area contributed by atoms with E-state index in [1.165, 1.54) is 11.1 Å². The van der Waals surface area contributed by atoms with Gasteiger partial charge in [0.15, 0.2) is 11.5 Å². The second-order valence-corrected chi connectivity index (χ2v) is 5.75. The molecule has 2 aliphatic rings. The van der Waals surface area contributed by atoms with Crippen LogP contribution in [0.4, 0.5) is 0 Å². The predicted molar refractivity (Wildman–Crippen MR) is 72.9 cm³/mol. The molecular weight excluding hydrogens is 242 g/mol. The zero-order chi connectivity index (χ0) is 13.7. The fourth-order valence-electron chi connectivity index (χ4n) is 3.13. The Morgan fingerprint density at radius 3 is 2.11 bits per heavy atom. The third kappa shape index (κ3) is 1.66. The van der Waals surface area contributed by atoms with Crippen molar-refractivity contribution in [1.29, 1.82) is 0 Å². The summed E-state index contributed by atoms with van der Waals surface area (Å²) < 4.78 is 16.3. The lowest BCUT2D eigenvalue weighted by Gasteiger charge is -2.47. The van der Waals surface area contributed by atoms with Gasteiger partial charge in [-0.2, -0.15) is 0 Å². The highest BCUT2D eigenvalue weighted by Crippen LogP contribution is 2.55. The highest BCUT2D eigenvalue weighted by molar-refractivity contribution is 5.52. The van der Waals surface area contributed by atoms with E-state index < -0.39 is 0 Å². The van der Waals surface area contributed by atoms with Crippen molar-refractivity contribution in [1.82, 2.24) is 0 Å². The lowest BCUT2D eigenvalue weighted by molar-refractivity contribution is -0.0790. The van der Waals surface area contributed by atoms with Crippen molar-refractivity contribution in [2.75, 3.05) is 27.4 Å². The SMILES string of the molecule is COc1cc(C)c(C2(C3(N)CC3)COC2)cc1OC. The molecule has 4 nitrogen and oxygen atoms in total. The van der Waals surface area contributed by atoms with Gasteiger partial charge in [0.05, 0.1) is 32.8 Å². The standard InChI is InChI=1S/C15H21NO3/c1-10-6-12(17-2)13(18-3)7-11(10)14(8-19-9-14)15(16)4-5-15/h6-7H,4-5,8-9,16H2,1-3H3. The number of methoxy groups -OCH3 is 2. The smallest absolute Gasteiger partial charge is 0.161 e. The summed E-state index contributed by atoms with van der Waals surface area (Å²) in [6.45, 7) is 3.52. The molecule has 1 saturated carbocycles. The Bertz CT molecular complexity index is 504. The maximum atomic E-state index is 6.50. The quantitative estimate of drug-likeness (QED) is 0.899. The van der Waals surface area contributed by atoms with E-state index in [0.29, 0.717) is 13.2 Å². The fourth-order valence-corrected chi connectivity index (χ4v) is 3.13. The van der Waals surface area contributed by atoms with Crippen molar-refractivity contribution in [3.05, 3.63) is 23.3 Å². The van der Waals surface area contributed by atoms with Gasteiger partial charge in [-0.25, -0.2) is 0 Å². The highest BCUT2D eigenvalue weighted by atomic mass is 16.5. The summed E-state index contributed by atoms with van der Waals surface area (Å²) in [5.74, 6) is 1.53. The zero-order valence-electron chi connectivity index (χ0n) is 11.8. The minimum Gasteiger partial charge on any atom is -0.493 e. The first-order valence-corrected chi connectivity index (χ1v) is 6.66. The molecule has 1 aliphatic heterocycles. The molecule has 1 aliphatic carbocycles. The van der Waals surface area contributed by atoms with Crippen molar-refractivity contribution in [3.8, 4) is 11.5 Å². The molecule has 0 radical (unpaired) electrons. The van der Waals surface area contributed by atoms with Crippen molar-refractivity contribution in [3.63, 3.8) is 0 Å². The molecule has 1 heterocycles. The molecule has 2 N–H and O–H groups in total. The number of nitrogens with two attached hydrogens (primary N) is 1. The number of hydrogen-bond donors (Lipinski definition) is 1. The van der Waals surface area contributed by atoms with Gasteiger partial charge in [-0.15, -0.1) is 0 Å². The van der Waals surface area contributed by atoms with Crippen LogP contribution < -0.4 is 15.2 Å². The van der Waals surface area contributed by atoms with Crippen LogP contribution >= 0.6 is 0 Å². The van der Waals surface area contributed by atoms with E-state index >= 15 is 0 Å². The van der Waals surface area contributed by atoms with Crippen LogP contribution in [0.25, 0.3) is 0 Å². The summed E-state index contributed by atoms with van der Waals surface area (Å²) in [6, 6.07) is 4.10. The Balaban J connectivity index is 2.09. The number of benzene rings is 1. The molecule has 0 bridgehead atoms. The van der Waals surface area contributed by atoms with Gasteiger partial charge in [-0.05, 0) is 43.0 Å². The van der Waals surface area contributed by atoms with Crippen molar-refractivity contribution in [2.24, 2.45) is 5.73 Å². The van der Waals surface area contributed by atoms with Crippen molar-refractivity contribution >= 4 is 0 Å². The number of rotatable bonds is 4. The predicted octanol–water partition coefficient (Wildman–Crippen LogP) is 1.77. The Morgan fingerprint density at radius 2 is 1.68 bits per heavy atom. The summed E-state index contributed by atoms with van der Waals surface area (Å²) in [7, 11) is 3.32. The van der Waals surface area contributed by atoms with Crippen LogP contribution in [0.3, 0.4) is 0 Å². The van der Waals surface area contributed by atoms with Gasteiger partial charge >= 0.3 is 0 Å². The average molecular weight is 263 g/mol. The molecule has 1 aromatic carbocycles. The number of aryl methyl sites for hydroxylation is 1. The molecule has 3 rings (SSSR count). The van der Waals surface area contributed by atoms with Crippen LogP contribution in [0.2, 0.25) is 0 Å². The van der Waals surface area contributed by atoms with E-state index in [4.69, 9.17) is 19.9 Å². The van der Waals surface area contributed by atoms with E-state index in [9.17, 15) is 0 Å². The molecule has 1 aromatic rings. The van der Waals surface area contributed by atoms with Gasteiger partial charge < -0.3 is 19.9 Å². The molecule has 0 amide bonds. The summed E-state index contributed by atoms with van der Waals surface area (Å²) in [4.78, 5) is 0. The number of hydrogen-bond acceptors (Lipinski definition) is 4. The highest BCUT2D eigenvalue weighted by Gasteiger charge is 2.62. The van der Waals surface area contributed by atoms with Crippen LogP contribution in [0.15, 0.2) is 12.1 Å². The maximum absolute atomic E-state index is 6.50. The van der Waals surface area contributed by atoms with Gasteiger partial charge in [0, 0.05) is 5.54 Å². The maximum Gasteiger partial charge on any atom is 0.161 e. The van der Waals surface area contributed by atoms with Crippen LogP contribution in [-0.2, 0) is 10.2 Å². The molecule has 4 heteroatoms. The van der Waals surface area contributed by atoms with E-state index in [2.05, 4.69) is 13.0 Å². The third-order valence-corrected chi connectivity index (χ3v) is 4.68. The molecule has 0 atom stereocenters. The lowest BCUT2D eigenvalue weighted by Crippen LogP contribution is -2.61. The van der Waals surface area contributed by atoms with Crippen LogP contribution in [-0.4, -0.2) is 33.0 Å². The third-order valence-electron chi connectivity index (χ3n) is 4.68. The van der Waals surface area contributed by atoms with Gasteiger partial charge in [0.25, 0.3) is 0 Å². The minimum atomic E-state index is -0.102. The van der Waals surface area contributed by atoms with Crippen molar-refractivity contribution < 1.29 is 14.2 Å². The monoisotopic (exact) mass is 263 g/mol. The molecular formula is C15H21NO3. The first-order chi connectivity index (χ1) is 9.06. The zero-order valence-corrected chi connectivity index (χ0v) is 11.8. The first-order valence-electron chi connectivity index (χ1n) is 6.66. The number of ether oxygens (including phenoxy) is 3. The normalized spacial score (nSPS) is 22.5. The van der Waals surface area contributed by atoms with Gasteiger partial charge in [0.1, 0.15) is 0 Å². The minimum absolute atomic E-state index is 0.0450. The van der Waals surface area contributed by atoms with Crippen LogP contribution in [0.1, 0.15) is 24.0 Å². The van der Waals surface area contributed by atoms with Gasteiger partial charge in [-0.1, -0.05) is 0 Å². The molecule has 19 heavy (non-hydrogen) atoms. The van der Waals surface area contributed by atoms with Gasteiger partial charge in [0.2, 0.25) is 0 Å². The van der Waals surface area contributed by atoms with Crippen molar-refractivity contribution in [2.45, 2.75) is 30.7 Å². The summed E-state index contributed by atoms with van der Waals surface area (Å²) >= 11 is 0. The largest absolute Gasteiger partial charge is 0.493 e. The molecule has 104 valence electrons. The lowest BCUT2D eigenvalue weighted by atomic mass is 9.69. The summed E-state index contributed by atoms with van der Waals surface area (Å²) in [5.41, 5.74) is 8.79. The molecule has 2 fully saturated rings.